The highest BCUT2D eigenvalue weighted by Gasteiger charge is 2.14. The topological polar surface area (TPSA) is 78.5 Å². The number of amides is 1. The van der Waals surface area contributed by atoms with Crippen molar-refractivity contribution in [2.45, 2.75) is 13.2 Å². The molecule has 164 valence electrons. The van der Waals surface area contributed by atoms with E-state index in [2.05, 4.69) is 10.4 Å². The Morgan fingerprint density at radius 3 is 2.91 bits per heavy atom. The van der Waals surface area contributed by atoms with Gasteiger partial charge in [0, 0.05) is 6.20 Å². The van der Waals surface area contributed by atoms with E-state index >= 15 is 0 Å². The van der Waals surface area contributed by atoms with Gasteiger partial charge >= 0.3 is 0 Å². The van der Waals surface area contributed by atoms with Crippen molar-refractivity contribution >= 4 is 23.2 Å². The monoisotopic (exact) mass is 455 g/mol. The number of hydrogen-bond donors (Lipinski definition) is 1. The Morgan fingerprint density at radius 1 is 1.22 bits per heavy atom. The lowest BCUT2D eigenvalue weighted by atomic mass is 10.2. The molecule has 9 heteroatoms. The van der Waals surface area contributed by atoms with E-state index in [4.69, 9.17) is 25.5 Å². The molecule has 2 aromatic heterocycles. The van der Waals surface area contributed by atoms with Crippen LogP contribution in [0.25, 0.3) is 0 Å². The summed E-state index contributed by atoms with van der Waals surface area (Å²) in [6.07, 6.45) is 3.28. The molecular weight excluding hydrogens is 437 g/mol. The second kappa shape index (κ2) is 9.57. The number of methoxy groups -OCH3 is 1. The van der Waals surface area contributed by atoms with Crippen molar-refractivity contribution in [2.24, 2.45) is 0 Å². The van der Waals surface area contributed by atoms with Crippen LogP contribution in [0.3, 0.4) is 0 Å². The third-order valence-corrected chi connectivity index (χ3v) is 4.81. The first kappa shape index (κ1) is 21.5. The van der Waals surface area contributed by atoms with Crippen LogP contribution in [0.4, 0.5) is 10.1 Å². The fourth-order valence-corrected chi connectivity index (χ4v) is 3.21. The van der Waals surface area contributed by atoms with E-state index in [1.165, 1.54) is 12.1 Å². The SMILES string of the molecule is COc1cccc(Cn2cc(NC(=O)c3ccc(COc4ccc(F)cc4Cl)o3)cn2)c1. The lowest BCUT2D eigenvalue weighted by molar-refractivity contribution is 0.0992. The predicted octanol–water partition coefficient (Wildman–Crippen LogP) is 5.16. The van der Waals surface area contributed by atoms with Crippen LogP contribution in [0.5, 0.6) is 11.5 Å². The molecule has 0 aliphatic rings. The molecule has 0 bridgehead atoms. The maximum Gasteiger partial charge on any atom is 0.291 e. The van der Waals surface area contributed by atoms with Crippen LogP contribution in [0.2, 0.25) is 5.02 Å². The van der Waals surface area contributed by atoms with Gasteiger partial charge in [0.15, 0.2) is 5.76 Å². The number of halogens is 2. The van der Waals surface area contributed by atoms with Crippen LogP contribution in [-0.2, 0) is 13.2 Å². The maximum absolute atomic E-state index is 13.1. The van der Waals surface area contributed by atoms with Crippen molar-refractivity contribution in [1.82, 2.24) is 9.78 Å². The minimum absolute atomic E-state index is 0.0388. The van der Waals surface area contributed by atoms with Gasteiger partial charge in [0.05, 0.1) is 30.6 Å². The second-order valence-corrected chi connectivity index (χ2v) is 7.27. The number of nitrogens with zero attached hydrogens (tertiary/aromatic N) is 2. The first-order valence-corrected chi connectivity index (χ1v) is 10.0. The van der Waals surface area contributed by atoms with Gasteiger partial charge in [-0.15, -0.1) is 0 Å². The normalized spacial score (nSPS) is 10.7. The zero-order chi connectivity index (χ0) is 22.5. The lowest BCUT2D eigenvalue weighted by Gasteiger charge is -2.06. The van der Waals surface area contributed by atoms with E-state index in [0.717, 1.165) is 17.4 Å². The molecule has 0 unspecified atom stereocenters. The van der Waals surface area contributed by atoms with Crippen molar-refractivity contribution in [2.75, 3.05) is 12.4 Å². The zero-order valence-corrected chi connectivity index (χ0v) is 17.8. The number of rotatable bonds is 8. The van der Waals surface area contributed by atoms with Gasteiger partial charge in [-0.25, -0.2) is 4.39 Å². The smallest absolute Gasteiger partial charge is 0.291 e. The highest BCUT2D eigenvalue weighted by atomic mass is 35.5. The average molecular weight is 456 g/mol. The highest BCUT2D eigenvalue weighted by Crippen LogP contribution is 2.26. The molecule has 0 saturated heterocycles. The molecule has 4 rings (SSSR count). The first-order chi connectivity index (χ1) is 15.5. The molecule has 2 heterocycles. The minimum Gasteiger partial charge on any atom is -0.497 e. The Morgan fingerprint density at radius 2 is 2.09 bits per heavy atom. The third-order valence-electron chi connectivity index (χ3n) is 4.52. The number of nitrogens with one attached hydrogen (secondary N) is 1. The molecular formula is C23H19ClFN3O4. The van der Waals surface area contributed by atoms with Gasteiger partial charge < -0.3 is 19.2 Å². The van der Waals surface area contributed by atoms with Crippen molar-refractivity contribution in [1.29, 1.82) is 0 Å². The number of aromatic nitrogens is 2. The molecule has 0 aliphatic heterocycles. The summed E-state index contributed by atoms with van der Waals surface area (Å²) < 4.78 is 31.1. The summed E-state index contributed by atoms with van der Waals surface area (Å²) in [5, 5.41) is 7.17. The number of carbonyl (C=O) groups excluding carboxylic acids is 1. The number of anilines is 1. The molecule has 7 nitrogen and oxygen atoms in total. The number of hydrogen-bond acceptors (Lipinski definition) is 5. The molecule has 0 saturated carbocycles. The van der Waals surface area contributed by atoms with Crippen LogP contribution < -0.4 is 14.8 Å². The minimum atomic E-state index is -0.453. The van der Waals surface area contributed by atoms with E-state index in [0.29, 0.717) is 23.7 Å². The van der Waals surface area contributed by atoms with E-state index in [-0.39, 0.29) is 17.4 Å². The van der Waals surface area contributed by atoms with Gasteiger partial charge in [0.1, 0.15) is 29.7 Å². The number of carbonyl (C=O) groups is 1. The molecule has 0 aliphatic carbocycles. The van der Waals surface area contributed by atoms with Crippen molar-refractivity contribution in [3.63, 3.8) is 0 Å². The van der Waals surface area contributed by atoms with Crippen molar-refractivity contribution in [3.8, 4) is 11.5 Å². The first-order valence-electron chi connectivity index (χ1n) is 9.63. The molecule has 0 radical (unpaired) electrons. The Hall–Kier alpha value is -3.78. The Kier molecular flexibility index (Phi) is 6.42. The molecule has 4 aromatic rings. The summed E-state index contributed by atoms with van der Waals surface area (Å²) in [4.78, 5) is 12.5. The van der Waals surface area contributed by atoms with Crippen LogP contribution in [0, 0.1) is 5.82 Å². The summed E-state index contributed by atoms with van der Waals surface area (Å²) in [7, 11) is 1.62. The van der Waals surface area contributed by atoms with E-state index < -0.39 is 11.7 Å². The van der Waals surface area contributed by atoms with Crippen molar-refractivity contribution < 1.29 is 23.1 Å². The number of benzene rings is 2. The molecule has 0 fully saturated rings. The molecule has 1 N–H and O–H groups in total. The molecule has 1 amide bonds. The average Bonchev–Trinajstić information content (AvgIpc) is 3.43. The summed E-state index contributed by atoms with van der Waals surface area (Å²) in [6.45, 7) is 0.568. The van der Waals surface area contributed by atoms with Crippen LogP contribution in [0.15, 0.2) is 71.4 Å². The van der Waals surface area contributed by atoms with Gasteiger partial charge in [0.2, 0.25) is 0 Å². The van der Waals surface area contributed by atoms with Gasteiger partial charge in [-0.3, -0.25) is 9.48 Å². The Bertz CT molecular complexity index is 1240. The standard InChI is InChI=1S/C23H19ClFN3O4/c1-30-18-4-2-3-15(9-18)12-28-13-17(11-26-28)27-23(29)22-8-6-19(32-22)14-31-21-7-5-16(25)10-20(21)24/h2-11,13H,12,14H2,1H3,(H,27,29). The van der Waals surface area contributed by atoms with Crippen LogP contribution in [-0.4, -0.2) is 22.8 Å². The Balaban J connectivity index is 1.34. The molecule has 2 aromatic carbocycles. The van der Waals surface area contributed by atoms with E-state index in [9.17, 15) is 9.18 Å². The van der Waals surface area contributed by atoms with E-state index in [1.54, 1.807) is 36.3 Å². The van der Waals surface area contributed by atoms with E-state index in [1.807, 2.05) is 24.3 Å². The highest BCUT2D eigenvalue weighted by molar-refractivity contribution is 6.32. The van der Waals surface area contributed by atoms with Gasteiger partial charge in [-0.2, -0.15) is 5.10 Å². The third kappa shape index (κ3) is 5.28. The molecule has 0 atom stereocenters. The predicted molar refractivity (Wildman–Crippen MR) is 117 cm³/mol. The van der Waals surface area contributed by atoms with Crippen LogP contribution >= 0.6 is 11.6 Å². The fraction of sp³-hybridized carbons (Fsp3) is 0.130. The summed E-state index contributed by atoms with van der Waals surface area (Å²) >= 11 is 5.94. The van der Waals surface area contributed by atoms with Crippen LogP contribution in [0.1, 0.15) is 21.9 Å². The second-order valence-electron chi connectivity index (χ2n) is 6.86. The molecule has 0 spiro atoms. The van der Waals surface area contributed by atoms with Crippen molar-refractivity contribution in [3.05, 3.63) is 94.9 Å². The number of ether oxygens (including phenoxy) is 2. The zero-order valence-electron chi connectivity index (χ0n) is 17.0. The fourth-order valence-electron chi connectivity index (χ4n) is 2.98. The van der Waals surface area contributed by atoms with Gasteiger partial charge in [-0.1, -0.05) is 23.7 Å². The summed E-state index contributed by atoms with van der Waals surface area (Å²) in [5.74, 6) is 0.753. The molecule has 32 heavy (non-hydrogen) atoms. The quantitative estimate of drug-likeness (QED) is 0.397. The van der Waals surface area contributed by atoms with Gasteiger partial charge in [-0.05, 0) is 48.0 Å². The Labute approximate surface area is 188 Å². The maximum atomic E-state index is 13.1. The number of furan rings is 1. The lowest BCUT2D eigenvalue weighted by Crippen LogP contribution is -2.10. The van der Waals surface area contributed by atoms with Gasteiger partial charge in [0.25, 0.3) is 5.91 Å². The largest absolute Gasteiger partial charge is 0.497 e. The summed E-state index contributed by atoms with van der Waals surface area (Å²) in [5.41, 5.74) is 1.55. The summed E-state index contributed by atoms with van der Waals surface area (Å²) in [6, 6.07) is 14.7.